The zero-order valence-corrected chi connectivity index (χ0v) is 43.3. The normalized spacial score (nSPS) is 11.3. The van der Waals surface area contributed by atoms with Gasteiger partial charge in [0.15, 0.2) is 34.2 Å². The largest absolute Gasteiger partial charge is 0.458 e. The molecule has 0 amide bonds. The molecular formula is C53H51ClN18O5. The number of furan rings is 3. The minimum absolute atomic E-state index is 0.167. The molecule has 0 saturated carbocycles. The van der Waals surface area contributed by atoms with Crippen LogP contribution in [0.5, 0.6) is 0 Å². The van der Waals surface area contributed by atoms with E-state index in [0.29, 0.717) is 90.1 Å². The van der Waals surface area contributed by atoms with Crippen molar-refractivity contribution in [1.29, 1.82) is 0 Å². The first kappa shape index (κ1) is 51.1. The number of hydrogen-bond acceptors (Lipinski definition) is 20. The van der Waals surface area contributed by atoms with Crippen molar-refractivity contribution in [3.8, 4) is 34.8 Å². The summed E-state index contributed by atoms with van der Waals surface area (Å²) < 4.78 is 32.2. The molecule has 23 nitrogen and oxygen atoms in total. The Morgan fingerprint density at radius 3 is 1.03 bits per heavy atom. The van der Waals surface area contributed by atoms with Gasteiger partial charge >= 0.3 is 0 Å². The molecule has 12 aromatic rings. The number of nitrogens with two attached hydrogens (primary N) is 3. The van der Waals surface area contributed by atoms with Crippen molar-refractivity contribution in [2.24, 2.45) is 0 Å². The third-order valence-corrected chi connectivity index (χ3v) is 12.0. The Balaban J connectivity index is 0.000000131. The second-order valence-electron chi connectivity index (χ2n) is 17.6. The Morgan fingerprint density at radius 2 is 0.727 bits per heavy atom. The number of fused-ring (bicyclic) bond motifs is 3. The van der Waals surface area contributed by atoms with Crippen molar-refractivity contribution >= 4 is 46.4 Å². The maximum Gasteiger partial charge on any atom is 0.224 e. The quantitative estimate of drug-likeness (QED) is 0.0874. The molecule has 24 heteroatoms. The van der Waals surface area contributed by atoms with Gasteiger partial charge in [0.1, 0.15) is 17.3 Å². The van der Waals surface area contributed by atoms with Gasteiger partial charge < -0.3 is 39.9 Å². The molecule has 0 aliphatic rings. The van der Waals surface area contributed by atoms with Gasteiger partial charge in [-0.1, -0.05) is 18.2 Å². The number of aryl methyl sites for hydroxylation is 3. The fourth-order valence-corrected chi connectivity index (χ4v) is 8.48. The highest BCUT2D eigenvalue weighted by Crippen LogP contribution is 2.27. The van der Waals surface area contributed by atoms with Crippen molar-refractivity contribution in [2.75, 3.05) is 31.4 Å². The second-order valence-corrected chi connectivity index (χ2v) is 17.8. The first-order valence-electron chi connectivity index (χ1n) is 24.0. The fraction of sp³-hybridized carbons (Fsp3) is 0.208. The lowest BCUT2D eigenvalue weighted by molar-refractivity contribution is 0.181. The van der Waals surface area contributed by atoms with Crippen LogP contribution in [-0.4, -0.2) is 87.9 Å². The smallest absolute Gasteiger partial charge is 0.224 e. The standard InChI is InChI=1S/2C18H18N6O2.C17H15ClN6O/c2*1-11-6-7-15(26-11)17-23-18(19)22-16-12(9-20-24(16)17)8-13-4-3-5-14(21-13)10-25-2;1-10-5-6-14(25-10)16-23-17(19)22-15-11(9-20-24(15)16)7-12-3-2-4-13(8-18)21-12/h2*3-7,9H,8,10H2,1-2H3,(H2,19,22);2-6,9H,7-8H2,1H3,(H2,19,22). The van der Waals surface area contributed by atoms with Gasteiger partial charge in [0, 0.05) is 67.3 Å². The molecule has 0 aliphatic carbocycles. The molecule has 77 heavy (non-hydrogen) atoms. The molecule has 12 aromatic heterocycles. The van der Waals surface area contributed by atoms with Gasteiger partial charge in [-0.3, -0.25) is 15.0 Å². The number of nitrogen functional groups attached to an aromatic ring is 3. The second kappa shape index (κ2) is 22.6. The number of pyridine rings is 3. The summed E-state index contributed by atoms with van der Waals surface area (Å²) >= 11 is 5.86. The Kier molecular flexibility index (Phi) is 15.0. The van der Waals surface area contributed by atoms with Gasteiger partial charge in [0.05, 0.1) is 54.8 Å². The topological polar surface area (TPSA) is 304 Å². The average Bonchev–Trinajstić information content (AvgIpc) is 4.41. The molecule has 0 spiro atoms. The SMILES string of the molecule is COCc1cccc(Cc2cnn3c(-c4ccc(C)o4)nc(N)nc23)n1.COCc1cccc(Cc2cnn3c(-c4ccc(C)o4)nc(N)nc23)n1.Cc1ccc(-c2nc(N)nc3c(Cc4cccc(CCl)n4)cnn23)o1. The maximum atomic E-state index is 5.92. The maximum absolute atomic E-state index is 5.92. The van der Waals surface area contributed by atoms with E-state index in [9.17, 15) is 0 Å². The summed E-state index contributed by atoms with van der Waals surface area (Å²) in [6.45, 7) is 6.56. The van der Waals surface area contributed by atoms with Gasteiger partial charge in [-0.2, -0.15) is 58.7 Å². The number of ether oxygens (including phenoxy) is 2. The molecule has 0 saturated heterocycles. The lowest BCUT2D eigenvalue weighted by atomic mass is 10.1. The van der Waals surface area contributed by atoms with Crippen molar-refractivity contribution in [1.82, 2.24) is 73.7 Å². The van der Waals surface area contributed by atoms with E-state index in [4.69, 9.17) is 51.5 Å². The van der Waals surface area contributed by atoms with Gasteiger partial charge in [0.25, 0.3) is 0 Å². The van der Waals surface area contributed by atoms with Crippen LogP contribution in [0.15, 0.2) is 123 Å². The van der Waals surface area contributed by atoms with Crippen molar-refractivity contribution in [3.63, 3.8) is 0 Å². The lowest BCUT2D eigenvalue weighted by Gasteiger charge is -2.05. The highest BCUT2D eigenvalue weighted by Gasteiger charge is 2.20. The first-order chi connectivity index (χ1) is 37.4. The number of halogens is 1. The van der Waals surface area contributed by atoms with Gasteiger partial charge in [-0.05, 0) is 93.6 Å². The summed E-state index contributed by atoms with van der Waals surface area (Å²) in [5, 5.41) is 13.3. The third kappa shape index (κ3) is 11.6. The monoisotopic (exact) mass is 1050 g/mol. The minimum Gasteiger partial charge on any atom is -0.458 e. The first-order valence-corrected chi connectivity index (χ1v) is 24.5. The van der Waals surface area contributed by atoms with Crippen LogP contribution in [0.2, 0.25) is 0 Å². The van der Waals surface area contributed by atoms with Gasteiger partial charge in [-0.15, -0.1) is 11.6 Å². The molecule has 0 fully saturated rings. The van der Waals surface area contributed by atoms with E-state index >= 15 is 0 Å². The molecule has 6 N–H and O–H groups in total. The zero-order chi connectivity index (χ0) is 53.6. The lowest BCUT2D eigenvalue weighted by Crippen LogP contribution is -2.05. The van der Waals surface area contributed by atoms with Crippen molar-refractivity contribution < 1.29 is 22.7 Å². The van der Waals surface area contributed by atoms with Crippen molar-refractivity contribution in [2.45, 2.75) is 59.1 Å². The Hall–Kier alpha value is -9.45. The number of rotatable bonds is 14. The molecule has 0 radical (unpaired) electrons. The number of alkyl halides is 1. The summed E-state index contributed by atoms with van der Waals surface area (Å²) in [5.74, 6) is 6.59. The molecule has 12 rings (SSSR count). The Labute approximate surface area is 444 Å². The van der Waals surface area contributed by atoms with Crippen LogP contribution in [0, 0.1) is 20.8 Å². The van der Waals surface area contributed by atoms with Crippen LogP contribution in [0.3, 0.4) is 0 Å². The van der Waals surface area contributed by atoms with E-state index in [0.717, 1.165) is 68.1 Å². The molecule has 0 aromatic carbocycles. The number of methoxy groups -OCH3 is 2. The number of anilines is 3. The van der Waals surface area contributed by atoms with E-state index < -0.39 is 0 Å². The average molecular weight is 1060 g/mol. The Morgan fingerprint density at radius 1 is 0.416 bits per heavy atom. The van der Waals surface area contributed by atoms with E-state index in [1.807, 2.05) is 112 Å². The molecule has 0 atom stereocenters. The molecule has 0 aliphatic heterocycles. The molecular weight excluding hydrogens is 1000 g/mol. The summed E-state index contributed by atoms with van der Waals surface area (Å²) in [7, 11) is 3.30. The van der Waals surface area contributed by atoms with E-state index in [-0.39, 0.29) is 17.8 Å². The van der Waals surface area contributed by atoms with E-state index in [1.165, 1.54) is 0 Å². The zero-order valence-electron chi connectivity index (χ0n) is 42.5. The summed E-state index contributed by atoms with van der Waals surface area (Å²) in [6.07, 6.45) is 6.99. The number of hydrogen-bond donors (Lipinski definition) is 3. The fourth-order valence-electron chi connectivity index (χ4n) is 8.33. The van der Waals surface area contributed by atoms with Crippen LogP contribution < -0.4 is 17.2 Å². The Bertz CT molecular complexity index is 3840. The van der Waals surface area contributed by atoms with Crippen LogP contribution in [0.4, 0.5) is 17.8 Å². The predicted octanol–water partition coefficient (Wildman–Crippen LogP) is 7.81. The third-order valence-electron chi connectivity index (χ3n) is 11.7. The number of aromatic nitrogens is 15. The van der Waals surface area contributed by atoms with E-state index in [2.05, 4.69) is 60.2 Å². The number of nitrogens with zero attached hydrogens (tertiary/aromatic N) is 15. The molecule has 0 unspecified atom stereocenters. The van der Waals surface area contributed by atoms with Gasteiger partial charge in [-0.25, -0.2) is 0 Å². The van der Waals surface area contributed by atoms with Gasteiger partial charge in [0.2, 0.25) is 35.3 Å². The van der Waals surface area contributed by atoms with Crippen molar-refractivity contribution in [3.05, 3.63) is 178 Å². The molecule has 12 heterocycles. The highest BCUT2D eigenvalue weighted by molar-refractivity contribution is 6.16. The predicted molar refractivity (Wildman–Crippen MR) is 285 cm³/mol. The highest BCUT2D eigenvalue weighted by atomic mass is 35.5. The van der Waals surface area contributed by atoms with Crippen LogP contribution in [0.1, 0.15) is 68.1 Å². The molecule has 0 bridgehead atoms. The van der Waals surface area contributed by atoms with E-state index in [1.54, 1.807) is 46.4 Å². The van der Waals surface area contributed by atoms with Crippen LogP contribution >= 0.6 is 11.6 Å². The summed E-state index contributed by atoms with van der Waals surface area (Å²) in [5.41, 5.74) is 27.6. The summed E-state index contributed by atoms with van der Waals surface area (Å²) in [4.78, 5) is 39.6. The molecule has 390 valence electrons. The van der Waals surface area contributed by atoms with Crippen LogP contribution in [0.25, 0.3) is 51.7 Å². The summed E-state index contributed by atoms with van der Waals surface area (Å²) in [6, 6.07) is 28.6. The van der Waals surface area contributed by atoms with Crippen LogP contribution in [-0.2, 0) is 47.8 Å². The minimum atomic E-state index is 0.167.